The Morgan fingerprint density at radius 3 is 2.62 bits per heavy atom. The van der Waals surface area contributed by atoms with E-state index >= 15 is 0 Å². The summed E-state index contributed by atoms with van der Waals surface area (Å²) in [5, 5.41) is 10.00. The molecule has 3 rings (SSSR count). The maximum Gasteiger partial charge on any atom is 0.107 e. The number of fused-ring (bicyclic) bond motifs is 2. The van der Waals surface area contributed by atoms with Crippen LogP contribution < -0.4 is 0 Å². The van der Waals surface area contributed by atoms with Gasteiger partial charge in [0.05, 0.1) is 12.7 Å². The van der Waals surface area contributed by atoms with E-state index in [-0.39, 0.29) is 12.2 Å². The smallest absolute Gasteiger partial charge is 0.107 e. The minimum Gasteiger partial charge on any atom is -0.390 e. The van der Waals surface area contributed by atoms with Crippen LogP contribution in [-0.2, 0) is 4.74 Å². The van der Waals surface area contributed by atoms with Gasteiger partial charge >= 0.3 is 0 Å². The van der Waals surface area contributed by atoms with Gasteiger partial charge in [-0.25, -0.2) is 0 Å². The van der Waals surface area contributed by atoms with Crippen LogP contribution in [0.5, 0.6) is 0 Å². The van der Waals surface area contributed by atoms with Gasteiger partial charge in [-0.1, -0.05) is 32.4 Å². The number of ether oxygens (including phenoxy) is 1. The van der Waals surface area contributed by atoms with Crippen LogP contribution in [0, 0.1) is 16.7 Å². The number of allylic oxidation sites excluding steroid dienone is 1. The van der Waals surface area contributed by atoms with Crippen molar-refractivity contribution in [1.82, 2.24) is 0 Å². The molecule has 2 nitrogen and oxygen atoms in total. The Morgan fingerprint density at radius 2 is 2.19 bits per heavy atom. The van der Waals surface area contributed by atoms with Crippen LogP contribution in [0.1, 0.15) is 40.0 Å². The summed E-state index contributed by atoms with van der Waals surface area (Å²) in [7, 11) is 0. The molecule has 1 N–H and O–H groups in total. The van der Waals surface area contributed by atoms with Gasteiger partial charge < -0.3 is 9.84 Å². The maximum absolute atomic E-state index is 10.00. The van der Waals surface area contributed by atoms with E-state index in [1.165, 1.54) is 18.4 Å². The summed E-state index contributed by atoms with van der Waals surface area (Å²) in [6, 6.07) is 0. The third-order valence-electron chi connectivity index (χ3n) is 5.63. The van der Waals surface area contributed by atoms with Gasteiger partial charge in [0.2, 0.25) is 0 Å². The molecule has 2 fully saturated rings. The molecule has 0 radical (unpaired) electrons. The number of epoxide rings is 1. The summed E-state index contributed by atoms with van der Waals surface area (Å²) in [6.07, 6.45) is 5.71. The van der Waals surface area contributed by atoms with E-state index in [4.69, 9.17) is 4.74 Å². The van der Waals surface area contributed by atoms with Crippen LogP contribution >= 0.6 is 0 Å². The second-order valence-corrected chi connectivity index (χ2v) is 6.53. The van der Waals surface area contributed by atoms with Crippen molar-refractivity contribution in [3.05, 3.63) is 11.6 Å². The molecule has 90 valence electrons. The molecule has 2 bridgehead atoms. The number of aliphatic hydroxyl groups excluding tert-OH is 1. The minimum atomic E-state index is -0.279. The van der Waals surface area contributed by atoms with Gasteiger partial charge in [-0.2, -0.15) is 0 Å². The Balaban J connectivity index is 1.79. The summed E-state index contributed by atoms with van der Waals surface area (Å²) in [5.41, 5.74) is 2.18. The number of hydrogen-bond acceptors (Lipinski definition) is 2. The summed E-state index contributed by atoms with van der Waals surface area (Å²) >= 11 is 0. The third-order valence-corrected chi connectivity index (χ3v) is 5.63. The van der Waals surface area contributed by atoms with E-state index in [1.54, 1.807) is 0 Å². The van der Waals surface area contributed by atoms with Crippen molar-refractivity contribution in [2.45, 2.75) is 52.2 Å². The Hall–Kier alpha value is -0.340. The Bertz CT molecular complexity index is 341. The first-order chi connectivity index (χ1) is 7.45. The van der Waals surface area contributed by atoms with Crippen molar-refractivity contribution in [3.8, 4) is 0 Å². The van der Waals surface area contributed by atoms with Crippen LogP contribution in [0.25, 0.3) is 0 Å². The van der Waals surface area contributed by atoms with Crippen LogP contribution in [-0.4, -0.2) is 23.9 Å². The zero-order valence-electron chi connectivity index (χ0n) is 10.5. The first-order valence-corrected chi connectivity index (χ1v) is 6.46. The van der Waals surface area contributed by atoms with Gasteiger partial charge in [0.25, 0.3) is 0 Å². The lowest BCUT2D eigenvalue weighted by molar-refractivity contribution is 0.115. The van der Waals surface area contributed by atoms with E-state index in [0.717, 1.165) is 18.9 Å². The summed E-state index contributed by atoms with van der Waals surface area (Å²) in [6.45, 7) is 7.90. The summed E-state index contributed by atoms with van der Waals surface area (Å²) in [5.74, 6) is 0.722. The summed E-state index contributed by atoms with van der Waals surface area (Å²) in [4.78, 5) is 0. The fraction of sp³-hybridized carbons (Fsp3) is 0.857. The van der Waals surface area contributed by atoms with Gasteiger partial charge in [0.15, 0.2) is 0 Å². The molecule has 2 heteroatoms. The molecule has 1 heterocycles. The van der Waals surface area contributed by atoms with Crippen molar-refractivity contribution in [1.29, 1.82) is 0 Å². The van der Waals surface area contributed by atoms with Gasteiger partial charge in [-0.3, -0.25) is 0 Å². The first kappa shape index (κ1) is 10.8. The highest BCUT2D eigenvalue weighted by Gasteiger charge is 2.57. The molecule has 2 aliphatic carbocycles. The lowest BCUT2D eigenvalue weighted by Gasteiger charge is -2.38. The quantitative estimate of drug-likeness (QED) is 0.588. The lowest BCUT2D eigenvalue weighted by Crippen LogP contribution is -2.31. The SMILES string of the molecule is CC1(C)[C@@H]2C=C(C[C@H](O)[C@@H]3CO3)[C@@]1(C)CC2. The predicted octanol–water partition coefficient (Wildman–Crippen LogP) is 2.52. The van der Waals surface area contributed by atoms with Crippen molar-refractivity contribution >= 4 is 0 Å². The molecular formula is C14H22O2. The van der Waals surface area contributed by atoms with Gasteiger partial charge in [-0.15, -0.1) is 0 Å². The van der Waals surface area contributed by atoms with Crippen LogP contribution in [0.3, 0.4) is 0 Å². The zero-order chi connectivity index (χ0) is 11.6. The van der Waals surface area contributed by atoms with Crippen molar-refractivity contribution in [3.63, 3.8) is 0 Å². The molecule has 1 aliphatic heterocycles. The summed E-state index contributed by atoms with van der Waals surface area (Å²) < 4.78 is 5.17. The fourth-order valence-corrected chi connectivity index (χ4v) is 3.76. The Labute approximate surface area is 97.7 Å². The number of aliphatic hydroxyl groups is 1. The molecule has 3 aliphatic rings. The first-order valence-electron chi connectivity index (χ1n) is 6.46. The highest BCUT2D eigenvalue weighted by molar-refractivity contribution is 5.32. The average molecular weight is 222 g/mol. The van der Waals surface area contributed by atoms with Crippen molar-refractivity contribution in [2.75, 3.05) is 6.61 Å². The normalized spacial score (nSPS) is 45.6. The monoisotopic (exact) mass is 222 g/mol. The Morgan fingerprint density at radius 1 is 1.50 bits per heavy atom. The second-order valence-electron chi connectivity index (χ2n) is 6.53. The van der Waals surface area contributed by atoms with Gasteiger partial charge in [0, 0.05) is 0 Å². The molecule has 0 aromatic heterocycles. The molecule has 1 saturated heterocycles. The molecule has 1 saturated carbocycles. The van der Waals surface area contributed by atoms with E-state index in [2.05, 4.69) is 26.8 Å². The Kier molecular flexibility index (Phi) is 2.10. The molecule has 4 atom stereocenters. The van der Waals surface area contributed by atoms with E-state index in [9.17, 15) is 5.11 Å². The molecule has 16 heavy (non-hydrogen) atoms. The van der Waals surface area contributed by atoms with Crippen LogP contribution in [0.2, 0.25) is 0 Å². The molecule has 0 unspecified atom stereocenters. The van der Waals surface area contributed by atoms with Crippen molar-refractivity contribution < 1.29 is 9.84 Å². The maximum atomic E-state index is 10.00. The van der Waals surface area contributed by atoms with E-state index < -0.39 is 0 Å². The van der Waals surface area contributed by atoms with Crippen LogP contribution in [0.15, 0.2) is 11.6 Å². The molecular weight excluding hydrogens is 200 g/mol. The minimum absolute atomic E-state index is 0.117. The molecule has 0 amide bonds. The second kappa shape index (κ2) is 3.11. The number of hydrogen-bond donors (Lipinski definition) is 1. The fourth-order valence-electron chi connectivity index (χ4n) is 3.76. The average Bonchev–Trinajstić information content (AvgIpc) is 2.98. The van der Waals surface area contributed by atoms with Gasteiger partial charge in [-0.05, 0) is 36.0 Å². The predicted molar refractivity (Wildman–Crippen MR) is 63.1 cm³/mol. The third kappa shape index (κ3) is 1.26. The van der Waals surface area contributed by atoms with E-state index in [1.807, 2.05) is 0 Å². The van der Waals surface area contributed by atoms with Crippen LogP contribution in [0.4, 0.5) is 0 Å². The molecule has 0 spiro atoms. The standard InChI is InChI=1S/C14H22O2/c1-13(2)9-4-5-14(13,3)10(6-9)7-11(15)12-8-16-12/h6,9,11-12,15H,4-5,7-8H2,1-3H3/t9-,11-,12-,14+/m0/s1. The highest BCUT2D eigenvalue weighted by atomic mass is 16.6. The highest BCUT2D eigenvalue weighted by Crippen LogP contribution is 2.65. The molecule has 0 aromatic carbocycles. The van der Waals surface area contributed by atoms with Crippen molar-refractivity contribution in [2.24, 2.45) is 16.7 Å². The number of rotatable bonds is 3. The van der Waals surface area contributed by atoms with E-state index in [0.29, 0.717) is 10.8 Å². The lowest BCUT2D eigenvalue weighted by atomic mass is 9.66. The molecule has 0 aromatic rings. The van der Waals surface area contributed by atoms with Gasteiger partial charge in [0.1, 0.15) is 6.10 Å². The zero-order valence-corrected chi connectivity index (χ0v) is 10.5. The largest absolute Gasteiger partial charge is 0.390 e. The topological polar surface area (TPSA) is 32.8 Å².